The summed E-state index contributed by atoms with van der Waals surface area (Å²) in [6.45, 7) is 5.25. The first-order chi connectivity index (χ1) is 16.2. The van der Waals surface area contributed by atoms with Crippen LogP contribution in [0.25, 0.3) is 0 Å². The average molecular weight is 473 g/mol. The van der Waals surface area contributed by atoms with Crippen LogP contribution in [0.1, 0.15) is 67.6 Å². The van der Waals surface area contributed by atoms with E-state index < -0.39 is 30.0 Å². The van der Waals surface area contributed by atoms with Crippen molar-refractivity contribution in [2.24, 2.45) is 0 Å². The highest BCUT2D eigenvalue weighted by atomic mass is 19.1. The van der Waals surface area contributed by atoms with Crippen molar-refractivity contribution in [1.29, 1.82) is 0 Å². The molecule has 1 aromatic carbocycles. The van der Waals surface area contributed by atoms with Crippen LogP contribution in [0.5, 0.6) is 11.5 Å². The van der Waals surface area contributed by atoms with Gasteiger partial charge in [0.05, 0.1) is 7.11 Å². The minimum atomic E-state index is -0.985. The lowest BCUT2D eigenvalue weighted by Gasteiger charge is -2.31. The quantitative estimate of drug-likeness (QED) is 0.584. The van der Waals surface area contributed by atoms with Crippen molar-refractivity contribution < 1.29 is 33.0 Å². The zero-order valence-corrected chi connectivity index (χ0v) is 19.7. The van der Waals surface area contributed by atoms with E-state index in [1.807, 2.05) is 13.8 Å². The maximum absolute atomic E-state index is 13.5. The zero-order chi connectivity index (χ0) is 24.8. The highest BCUT2D eigenvalue weighted by Gasteiger charge is 2.32. The number of ether oxygens (including phenoxy) is 3. The lowest BCUT2D eigenvalue weighted by Crippen LogP contribution is -2.42. The first kappa shape index (κ1) is 25.1. The second-order valence-corrected chi connectivity index (χ2v) is 8.26. The van der Waals surface area contributed by atoms with Gasteiger partial charge in [0, 0.05) is 24.6 Å². The molecule has 0 saturated carbocycles. The number of rotatable bonds is 8. The van der Waals surface area contributed by atoms with E-state index in [1.54, 1.807) is 6.07 Å². The largest absolute Gasteiger partial charge is 0.493 e. The number of aryl methyl sites for hydroxylation is 1. The number of pyridine rings is 1. The summed E-state index contributed by atoms with van der Waals surface area (Å²) in [7, 11) is 1.38. The van der Waals surface area contributed by atoms with Gasteiger partial charge in [-0.2, -0.15) is 0 Å². The number of carbonyl (C=O) groups is 3. The molecule has 1 amide bonds. The van der Waals surface area contributed by atoms with E-state index in [0.29, 0.717) is 19.3 Å². The predicted molar refractivity (Wildman–Crippen MR) is 121 cm³/mol. The number of hydrogen-bond acceptors (Lipinski definition) is 7. The van der Waals surface area contributed by atoms with Crippen LogP contribution in [0.4, 0.5) is 4.39 Å². The summed E-state index contributed by atoms with van der Waals surface area (Å²) < 4.78 is 29.7. The van der Waals surface area contributed by atoms with Gasteiger partial charge in [-0.1, -0.05) is 19.9 Å². The van der Waals surface area contributed by atoms with Crippen LogP contribution in [0.2, 0.25) is 0 Å². The third kappa shape index (κ3) is 5.70. The maximum Gasteiger partial charge on any atom is 0.328 e. The van der Waals surface area contributed by atoms with Crippen molar-refractivity contribution in [3.63, 3.8) is 0 Å². The van der Waals surface area contributed by atoms with Gasteiger partial charge < -0.3 is 19.5 Å². The van der Waals surface area contributed by atoms with E-state index in [1.165, 1.54) is 38.4 Å². The summed E-state index contributed by atoms with van der Waals surface area (Å²) in [5.41, 5.74) is 1.68. The van der Waals surface area contributed by atoms with E-state index in [4.69, 9.17) is 14.2 Å². The van der Waals surface area contributed by atoms with Crippen LogP contribution >= 0.6 is 0 Å². The van der Waals surface area contributed by atoms with Crippen molar-refractivity contribution in [1.82, 2.24) is 10.3 Å². The molecule has 1 heterocycles. The number of carbonyl (C=O) groups excluding carboxylic acids is 3. The number of benzene rings is 1. The molecule has 8 nitrogen and oxygen atoms in total. The molecular formula is C25H29FN2O6. The molecule has 1 aliphatic rings. The number of halogens is 1. The van der Waals surface area contributed by atoms with Crippen molar-refractivity contribution >= 4 is 17.8 Å². The maximum atomic E-state index is 13.5. The molecule has 3 rings (SSSR count). The van der Waals surface area contributed by atoms with Crippen LogP contribution in [0.3, 0.4) is 0 Å². The standard InChI is InChI=1S/C25H29FN2O6/c1-5-6-21(29)34-23-20(32-4)11-12-27-22(23)24(30)28-15(3)25(31)33-19-10-7-16-13-17(26)8-9-18(16)14(19)2/h8-9,11-15,19H,5-7,10H2,1-4H3,(H,28,30)/t14-,15+,19-/m1/s1. The van der Waals surface area contributed by atoms with Gasteiger partial charge in [0.15, 0.2) is 11.4 Å². The lowest BCUT2D eigenvalue weighted by molar-refractivity contribution is -0.152. The van der Waals surface area contributed by atoms with Gasteiger partial charge in [-0.3, -0.25) is 9.59 Å². The number of fused-ring (bicyclic) bond motifs is 1. The number of aromatic nitrogens is 1. The summed E-state index contributed by atoms with van der Waals surface area (Å²) in [5, 5.41) is 2.55. The Bertz CT molecular complexity index is 1070. The fraction of sp³-hybridized carbons (Fsp3) is 0.440. The van der Waals surface area contributed by atoms with Gasteiger partial charge in [0.1, 0.15) is 18.0 Å². The summed E-state index contributed by atoms with van der Waals surface area (Å²) in [6, 6.07) is 5.11. The number of hydrogen-bond donors (Lipinski definition) is 1. The van der Waals surface area contributed by atoms with Crippen molar-refractivity contribution in [3.8, 4) is 11.5 Å². The van der Waals surface area contributed by atoms with Crippen molar-refractivity contribution in [2.75, 3.05) is 7.11 Å². The summed E-state index contributed by atoms with van der Waals surface area (Å²) >= 11 is 0. The number of amides is 1. The molecule has 3 atom stereocenters. The number of esters is 2. The topological polar surface area (TPSA) is 104 Å². The zero-order valence-electron chi connectivity index (χ0n) is 19.7. The Balaban J connectivity index is 1.68. The molecule has 1 N–H and O–H groups in total. The van der Waals surface area contributed by atoms with E-state index in [0.717, 1.165) is 11.1 Å². The van der Waals surface area contributed by atoms with Gasteiger partial charge in [0.2, 0.25) is 5.75 Å². The van der Waals surface area contributed by atoms with Gasteiger partial charge in [-0.25, -0.2) is 14.2 Å². The molecule has 0 bridgehead atoms. The Morgan fingerprint density at radius 2 is 2.03 bits per heavy atom. The lowest BCUT2D eigenvalue weighted by atomic mass is 9.82. The highest BCUT2D eigenvalue weighted by Crippen LogP contribution is 2.34. The molecule has 34 heavy (non-hydrogen) atoms. The van der Waals surface area contributed by atoms with Gasteiger partial charge in [-0.05, 0) is 49.4 Å². The molecule has 1 aliphatic carbocycles. The van der Waals surface area contributed by atoms with Crippen LogP contribution in [-0.2, 0) is 20.7 Å². The number of nitrogens with zero attached hydrogens (tertiary/aromatic N) is 1. The molecule has 2 aromatic rings. The van der Waals surface area contributed by atoms with E-state index in [2.05, 4.69) is 10.3 Å². The smallest absolute Gasteiger partial charge is 0.328 e. The van der Waals surface area contributed by atoms with Crippen LogP contribution in [0.15, 0.2) is 30.5 Å². The van der Waals surface area contributed by atoms with Crippen molar-refractivity contribution in [3.05, 3.63) is 53.1 Å². The molecule has 0 saturated heterocycles. The summed E-state index contributed by atoms with van der Waals surface area (Å²) in [4.78, 5) is 41.6. The normalized spacial score (nSPS) is 17.8. The molecule has 9 heteroatoms. The third-order valence-electron chi connectivity index (χ3n) is 5.79. The Kier molecular flexibility index (Phi) is 8.20. The molecule has 182 valence electrons. The average Bonchev–Trinajstić information content (AvgIpc) is 2.80. The van der Waals surface area contributed by atoms with Gasteiger partial charge >= 0.3 is 11.9 Å². The molecule has 1 aromatic heterocycles. The van der Waals surface area contributed by atoms with E-state index >= 15 is 0 Å². The monoisotopic (exact) mass is 472 g/mol. The van der Waals surface area contributed by atoms with Crippen LogP contribution in [0, 0.1) is 5.82 Å². The molecule has 0 radical (unpaired) electrons. The predicted octanol–water partition coefficient (Wildman–Crippen LogP) is 3.71. The SMILES string of the molecule is CCCC(=O)Oc1c(OC)ccnc1C(=O)N[C@@H](C)C(=O)O[C@@H]1CCc2cc(F)ccc2[C@H]1C. The molecule has 0 spiro atoms. The Hall–Kier alpha value is -3.49. The molecule has 0 unspecified atom stereocenters. The van der Waals surface area contributed by atoms with Crippen LogP contribution < -0.4 is 14.8 Å². The van der Waals surface area contributed by atoms with Gasteiger partial charge in [0.25, 0.3) is 5.91 Å². The number of nitrogens with one attached hydrogen (secondary N) is 1. The molecule has 0 aliphatic heterocycles. The second kappa shape index (κ2) is 11.1. The highest BCUT2D eigenvalue weighted by molar-refractivity contribution is 5.98. The minimum absolute atomic E-state index is 0.105. The first-order valence-electron chi connectivity index (χ1n) is 11.3. The Labute approximate surface area is 197 Å². The van der Waals surface area contributed by atoms with Crippen molar-refractivity contribution in [2.45, 2.75) is 64.5 Å². The minimum Gasteiger partial charge on any atom is -0.493 e. The summed E-state index contributed by atoms with van der Waals surface area (Å²) in [6.07, 6.45) is 2.83. The molecule has 0 fully saturated rings. The first-order valence-corrected chi connectivity index (χ1v) is 11.3. The number of methoxy groups -OCH3 is 1. The Morgan fingerprint density at radius 3 is 2.74 bits per heavy atom. The second-order valence-electron chi connectivity index (χ2n) is 8.26. The molecular weight excluding hydrogens is 443 g/mol. The summed E-state index contributed by atoms with van der Waals surface area (Å²) in [5.74, 6) is -2.17. The fourth-order valence-corrected chi connectivity index (χ4v) is 3.94. The van der Waals surface area contributed by atoms with E-state index in [9.17, 15) is 18.8 Å². The Morgan fingerprint density at radius 1 is 1.26 bits per heavy atom. The van der Waals surface area contributed by atoms with Gasteiger partial charge in [-0.15, -0.1) is 0 Å². The third-order valence-corrected chi connectivity index (χ3v) is 5.79. The fourth-order valence-electron chi connectivity index (χ4n) is 3.94. The van der Waals surface area contributed by atoms with E-state index in [-0.39, 0.29) is 35.3 Å². The van der Waals surface area contributed by atoms with Crippen LogP contribution in [-0.4, -0.2) is 42.1 Å².